The summed E-state index contributed by atoms with van der Waals surface area (Å²) in [7, 11) is 0. The summed E-state index contributed by atoms with van der Waals surface area (Å²) in [5.41, 5.74) is 5.30. The lowest BCUT2D eigenvalue weighted by molar-refractivity contribution is 1.39. The molecule has 0 bridgehead atoms. The summed E-state index contributed by atoms with van der Waals surface area (Å²) in [6.45, 7) is 4.34. The fourth-order valence-electron chi connectivity index (χ4n) is 2.94. The second-order valence-electron chi connectivity index (χ2n) is 5.63. The van der Waals surface area contributed by atoms with Crippen LogP contribution >= 0.6 is 11.3 Å². The summed E-state index contributed by atoms with van der Waals surface area (Å²) in [4.78, 5) is 0. The van der Waals surface area contributed by atoms with Gasteiger partial charge in [-0.1, -0.05) is 48.0 Å². The van der Waals surface area contributed by atoms with E-state index in [2.05, 4.69) is 74.5 Å². The minimum absolute atomic E-state index is 1.31. The van der Waals surface area contributed by atoms with Crippen molar-refractivity contribution in [1.29, 1.82) is 0 Å². The third-order valence-electron chi connectivity index (χ3n) is 4.08. The summed E-state index contributed by atoms with van der Waals surface area (Å²) in [6.07, 6.45) is 0. The molecule has 4 aromatic rings. The maximum atomic E-state index is 2.34. The lowest BCUT2D eigenvalue weighted by Gasteiger charge is -2.08. The molecule has 0 radical (unpaired) electrons. The molecule has 4 rings (SSSR count). The number of fused-ring (bicyclic) bond motifs is 3. The van der Waals surface area contributed by atoms with Crippen molar-refractivity contribution in [2.24, 2.45) is 0 Å². The maximum absolute atomic E-state index is 2.34. The van der Waals surface area contributed by atoms with Gasteiger partial charge in [-0.15, -0.1) is 11.3 Å². The van der Waals surface area contributed by atoms with Gasteiger partial charge in [-0.05, 0) is 48.7 Å². The van der Waals surface area contributed by atoms with Crippen molar-refractivity contribution in [3.63, 3.8) is 0 Å². The monoisotopic (exact) mass is 288 g/mol. The lowest BCUT2D eigenvalue weighted by Crippen LogP contribution is -1.84. The van der Waals surface area contributed by atoms with Gasteiger partial charge in [0, 0.05) is 20.2 Å². The minimum atomic E-state index is 1.31. The van der Waals surface area contributed by atoms with Crippen molar-refractivity contribution in [3.05, 3.63) is 71.8 Å². The Balaban J connectivity index is 2.02. The van der Waals surface area contributed by atoms with Crippen LogP contribution in [0, 0.1) is 13.8 Å². The Bertz CT molecular complexity index is 960. The average molecular weight is 288 g/mol. The van der Waals surface area contributed by atoms with Gasteiger partial charge in [0.25, 0.3) is 0 Å². The van der Waals surface area contributed by atoms with Crippen LogP contribution in [0.25, 0.3) is 31.3 Å². The molecule has 0 amide bonds. The maximum Gasteiger partial charge on any atom is 0.0355 e. The smallest absolute Gasteiger partial charge is 0.0355 e. The second-order valence-corrected chi connectivity index (χ2v) is 6.71. The Hall–Kier alpha value is -2.12. The van der Waals surface area contributed by atoms with Crippen molar-refractivity contribution in [3.8, 4) is 11.1 Å². The first-order valence-corrected chi connectivity index (χ1v) is 8.03. The molecular weight excluding hydrogens is 272 g/mol. The third kappa shape index (κ3) is 2.05. The molecule has 0 aliphatic rings. The van der Waals surface area contributed by atoms with Crippen LogP contribution in [0.4, 0.5) is 0 Å². The van der Waals surface area contributed by atoms with Gasteiger partial charge in [-0.2, -0.15) is 0 Å². The van der Waals surface area contributed by atoms with Gasteiger partial charge in [-0.25, -0.2) is 0 Å². The highest BCUT2D eigenvalue weighted by Gasteiger charge is 2.08. The highest BCUT2D eigenvalue weighted by molar-refractivity contribution is 7.25. The van der Waals surface area contributed by atoms with Crippen LogP contribution < -0.4 is 0 Å². The van der Waals surface area contributed by atoms with Crippen molar-refractivity contribution >= 4 is 31.5 Å². The number of aryl methyl sites for hydroxylation is 2. The minimum Gasteiger partial charge on any atom is -0.135 e. The summed E-state index contributed by atoms with van der Waals surface area (Å²) >= 11 is 1.87. The normalized spacial score (nSPS) is 11.3. The molecule has 102 valence electrons. The Labute approximate surface area is 128 Å². The van der Waals surface area contributed by atoms with Gasteiger partial charge >= 0.3 is 0 Å². The van der Waals surface area contributed by atoms with Gasteiger partial charge in [0.1, 0.15) is 0 Å². The molecule has 0 fully saturated rings. The number of thiophene rings is 1. The Morgan fingerprint density at radius 3 is 2.43 bits per heavy atom. The first-order valence-electron chi connectivity index (χ1n) is 7.21. The predicted octanol–water partition coefficient (Wildman–Crippen LogP) is 6.34. The molecular formula is C20H16S. The molecule has 0 N–H and O–H groups in total. The van der Waals surface area contributed by atoms with Crippen LogP contribution in [-0.2, 0) is 0 Å². The van der Waals surface area contributed by atoms with E-state index in [1.165, 1.54) is 42.4 Å². The van der Waals surface area contributed by atoms with E-state index in [9.17, 15) is 0 Å². The van der Waals surface area contributed by atoms with Crippen LogP contribution in [0.15, 0.2) is 60.7 Å². The highest BCUT2D eigenvalue weighted by Crippen LogP contribution is 2.36. The topological polar surface area (TPSA) is 0 Å². The molecule has 0 nitrogen and oxygen atoms in total. The van der Waals surface area contributed by atoms with Crippen molar-refractivity contribution in [2.45, 2.75) is 13.8 Å². The molecule has 0 saturated heterocycles. The third-order valence-corrected chi connectivity index (χ3v) is 5.23. The number of hydrogen-bond acceptors (Lipinski definition) is 1. The summed E-state index contributed by atoms with van der Waals surface area (Å²) in [5.74, 6) is 0. The zero-order chi connectivity index (χ0) is 14.4. The van der Waals surface area contributed by atoms with Crippen LogP contribution in [0.5, 0.6) is 0 Å². The molecule has 1 heteroatoms. The molecule has 1 aromatic heterocycles. The van der Waals surface area contributed by atoms with E-state index in [0.29, 0.717) is 0 Å². The summed E-state index contributed by atoms with van der Waals surface area (Å²) < 4.78 is 2.73. The number of hydrogen-bond donors (Lipinski definition) is 0. The number of rotatable bonds is 1. The molecule has 0 atom stereocenters. The SMILES string of the molecule is Cc1ccc(C)c(-c2ccc3sc4ccccc4c3c2)c1. The van der Waals surface area contributed by atoms with Crippen molar-refractivity contribution in [2.75, 3.05) is 0 Å². The molecule has 1 heterocycles. The van der Waals surface area contributed by atoms with Crippen LogP contribution in [-0.4, -0.2) is 0 Å². The number of benzene rings is 3. The van der Waals surface area contributed by atoms with E-state index in [-0.39, 0.29) is 0 Å². The van der Waals surface area contributed by atoms with Gasteiger partial charge in [0.2, 0.25) is 0 Å². The van der Waals surface area contributed by atoms with E-state index in [4.69, 9.17) is 0 Å². The first-order chi connectivity index (χ1) is 10.2. The largest absolute Gasteiger partial charge is 0.135 e. The fourth-order valence-corrected chi connectivity index (χ4v) is 4.03. The quantitative estimate of drug-likeness (QED) is 0.383. The molecule has 0 saturated carbocycles. The van der Waals surface area contributed by atoms with E-state index < -0.39 is 0 Å². The Morgan fingerprint density at radius 1 is 0.714 bits per heavy atom. The van der Waals surface area contributed by atoms with Gasteiger partial charge in [0.15, 0.2) is 0 Å². The zero-order valence-corrected chi connectivity index (χ0v) is 13.0. The van der Waals surface area contributed by atoms with Gasteiger partial charge < -0.3 is 0 Å². The predicted molar refractivity (Wildman–Crippen MR) is 94.2 cm³/mol. The summed E-state index contributed by atoms with van der Waals surface area (Å²) in [6, 6.07) is 22.2. The second kappa shape index (κ2) is 4.71. The molecule has 3 aromatic carbocycles. The molecule has 0 aliphatic carbocycles. The molecule has 0 unspecified atom stereocenters. The van der Waals surface area contributed by atoms with Gasteiger partial charge in [0.05, 0.1) is 0 Å². The Kier molecular flexibility index (Phi) is 2.83. The zero-order valence-electron chi connectivity index (χ0n) is 12.2. The van der Waals surface area contributed by atoms with E-state index in [1.807, 2.05) is 11.3 Å². The van der Waals surface area contributed by atoms with Crippen LogP contribution in [0.2, 0.25) is 0 Å². The average Bonchev–Trinajstić information content (AvgIpc) is 2.87. The van der Waals surface area contributed by atoms with E-state index >= 15 is 0 Å². The lowest BCUT2D eigenvalue weighted by atomic mass is 9.97. The van der Waals surface area contributed by atoms with Crippen molar-refractivity contribution in [1.82, 2.24) is 0 Å². The Morgan fingerprint density at radius 2 is 1.52 bits per heavy atom. The highest BCUT2D eigenvalue weighted by atomic mass is 32.1. The standard InChI is InChI=1S/C20H16S/c1-13-7-8-14(2)17(11-13)15-9-10-20-18(12-15)16-5-3-4-6-19(16)21-20/h3-12H,1-2H3. The first kappa shape index (κ1) is 12.6. The van der Waals surface area contributed by atoms with E-state index in [1.54, 1.807) is 0 Å². The fraction of sp³-hybridized carbons (Fsp3) is 0.100. The molecule has 0 spiro atoms. The van der Waals surface area contributed by atoms with Gasteiger partial charge in [-0.3, -0.25) is 0 Å². The van der Waals surface area contributed by atoms with E-state index in [0.717, 1.165) is 0 Å². The molecule has 21 heavy (non-hydrogen) atoms. The van der Waals surface area contributed by atoms with Crippen molar-refractivity contribution < 1.29 is 0 Å². The molecule has 0 aliphatic heterocycles. The van der Waals surface area contributed by atoms with Crippen LogP contribution in [0.3, 0.4) is 0 Å². The summed E-state index contributed by atoms with van der Waals surface area (Å²) in [5, 5.41) is 2.73. The van der Waals surface area contributed by atoms with Crippen LogP contribution in [0.1, 0.15) is 11.1 Å².